The minimum absolute atomic E-state index is 0.0172. The molecule has 4 nitrogen and oxygen atoms in total. The number of alkyl halides is 6. The van der Waals surface area contributed by atoms with Crippen molar-refractivity contribution in [1.29, 1.82) is 0 Å². The molecule has 0 atom stereocenters. The molecule has 0 saturated carbocycles. The molecule has 0 fully saturated rings. The maximum Gasteiger partial charge on any atom is 0.416 e. The molecular formula is C26H18ClF6N3O. The van der Waals surface area contributed by atoms with E-state index in [4.69, 9.17) is 11.6 Å². The zero-order chi connectivity index (χ0) is 26.8. The number of benzene rings is 3. The van der Waals surface area contributed by atoms with Crippen LogP contribution in [-0.2, 0) is 36.5 Å². The minimum Gasteiger partial charge on any atom is -0.299 e. The van der Waals surface area contributed by atoms with Crippen molar-refractivity contribution in [3.8, 4) is 11.3 Å². The molecule has 0 aliphatic heterocycles. The quantitative estimate of drug-likeness (QED) is 0.238. The minimum atomic E-state index is -4.98. The van der Waals surface area contributed by atoms with Gasteiger partial charge in [-0.15, -0.1) is 5.10 Å². The fourth-order valence-corrected chi connectivity index (χ4v) is 4.08. The summed E-state index contributed by atoms with van der Waals surface area (Å²) in [6.45, 7) is -0.428. The maximum atomic E-state index is 13.3. The number of Topliss-reactive ketones (excluding diaryl/α,β-unsaturated/α-hetero) is 1. The number of nitrogens with zero attached hydrogens (tertiary/aromatic N) is 3. The van der Waals surface area contributed by atoms with Crippen LogP contribution in [0, 0.1) is 0 Å². The number of halogens is 7. The lowest BCUT2D eigenvalue weighted by molar-refractivity contribution is -0.143. The summed E-state index contributed by atoms with van der Waals surface area (Å²) in [6, 6.07) is 16.7. The molecule has 4 rings (SSSR count). The zero-order valence-corrected chi connectivity index (χ0v) is 19.7. The van der Waals surface area contributed by atoms with E-state index >= 15 is 0 Å². The summed E-state index contributed by atoms with van der Waals surface area (Å²) in [4.78, 5) is 12.8. The Morgan fingerprint density at radius 3 is 2.00 bits per heavy atom. The van der Waals surface area contributed by atoms with Gasteiger partial charge < -0.3 is 0 Å². The van der Waals surface area contributed by atoms with E-state index in [1.807, 2.05) is 0 Å². The SMILES string of the molecule is O=C(Cc1ccccc1Cl)Cc1nnn(Cc2cc(C(F)(F)F)cc(C(F)(F)F)c2)c1-c1ccccc1. The van der Waals surface area contributed by atoms with Gasteiger partial charge in [-0.1, -0.05) is 65.3 Å². The monoisotopic (exact) mass is 537 g/mol. The predicted octanol–water partition coefficient (Wildman–Crippen LogP) is 7.04. The van der Waals surface area contributed by atoms with Gasteiger partial charge in [0, 0.05) is 17.0 Å². The molecule has 0 unspecified atom stereocenters. The van der Waals surface area contributed by atoms with Crippen molar-refractivity contribution in [3.05, 3.63) is 106 Å². The zero-order valence-electron chi connectivity index (χ0n) is 18.9. The first-order chi connectivity index (χ1) is 17.4. The van der Waals surface area contributed by atoms with Gasteiger partial charge in [-0.3, -0.25) is 4.79 Å². The first-order valence-corrected chi connectivity index (χ1v) is 11.3. The Bertz CT molecular complexity index is 1380. The number of carbonyl (C=O) groups excluding carboxylic acids is 1. The van der Waals surface area contributed by atoms with Crippen LogP contribution in [-0.4, -0.2) is 20.8 Å². The molecule has 0 aliphatic carbocycles. The van der Waals surface area contributed by atoms with E-state index in [9.17, 15) is 31.1 Å². The van der Waals surface area contributed by atoms with Crippen molar-refractivity contribution >= 4 is 17.4 Å². The van der Waals surface area contributed by atoms with E-state index in [1.54, 1.807) is 54.6 Å². The molecule has 37 heavy (non-hydrogen) atoms. The highest BCUT2D eigenvalue weighted by atomic mass is 35.5. The lowest BCUT2D eigenvalue weighted by atomic mass is 10.0. The molecule has 0 amide bonds. The van der Waals surface area contributed by atoms with E-state index in [0.717, 1.165) is 0 Å². The van der Waals surface area contributed by atoms with Crippen LogP contribution >= 0.6 is 11.6 Å². The smallest absolute Gasteiger partial charge is 0.299 e. The highest BCUT2D eigenvalue weighted by Gasteiger charge is 2.37. The van der Waals surface area contributed by atoms with Gasteiger partial charge in [0.05, 0.1) is 35.5 Å². The number of hydrogen-bond donors (Lipinski definition) is 0. The molecule has 0 N–H and O–H groups in total. The van der Waals surface area contributed by atoms with Crippen molar-refractivity contribution in [2.75, 3.05) is 0 Å². The van der Waals surface area contributed by atoms with Crippen LogP contribution in [0.15, 0.2) is 72.8 Å². The molecule has 3 aromatic carbocycles. The Hall–Kier alpha value is -3.66. The number of ketones is 1. The molecule has 192 valence electrons. The summed E-state index contributed by atoms with van der Waals surface area (Å²) in [5, 5.41) is 8.45. The van der Waals surface area contributed by atoms with Crippen LogP contribution < -0.4 is 0 Å². The summed E-state index contributed by atoms with van der Waals surface area (Å²) in [6.07, 6.45) is -10.1. The standard InChI is InChI=1S/C26H18ClF6N3O/c27-22-9-5-4-8-18(22)12-21(37)14-23-24(17-6-2-1-3-7-17)36(35-34-23)15-16-10-19(25(28,29)30)13-20(11-16)26(31,32)33/h1-11,13H,12,14-15H2. The molecule has 0 aliphatic rings. The fraction of sp³-hybridized carbons (Fsp3) is 0.192. The summed E-state index contributed by atoms with van der Waals surface area (Å²) in [7, 11) is 0. The van der Waals surface area contributed by atoms with E-state index in [0.29, 0.717) is 34.0 Å². The Kier molecular flexibility index (Phi) is 7.40. The van der Waals surface area contributed by atoms with Gasteiger partial charge in [-0.2, -0.15) is 26.3 Å². The van der Waals surface area contributed by atoms with Gasteiger partial charge in [0.2, 0.25) is 0 Å². The Balaban J connectivity index is 1.71. The molecule has 0 spiro atoms. The average molecular weight is 538 g/mol. The van der Waals surface area contributed by atoms with Crippen molar-refractivity contribution in [1.82, 2.24) is 15.0 Å². The van der Waals surface area contributed by atoms with Crippen molar-refractivity contribution in [2.24, 2.45) is 0 Å². The molecule has 0 radical (unpaired) electrons. The van der Waals surface area contributed by atoms with Crippen LogP contribution in [0.5, 0.6) is 0 Å². The molecule has 0 bridgehead atoms. The summed E-state index contributed by atoms with van der Waals surface area (Å²) in [5.41, 5.74) is -1.38. The highest BCUT2D eigenvalue weighted by molar-refractivity contribution is 6.31. The molecule has 1 aromatic heterocycles. The number of rotatable bonds is 7. The summed E-state index contributed by atoms with van der Waals surface area (Å²) < 4.78 is 81.1. The first kappa shape index (κ1) is 26.4. The maximum absolute atomic E-state index is 13.3. The van der Waals surface area contributed by atoms with Gasteiger partial charge in [-0.25, -0.2) is 4.68 Å². The predicted molar refractivity (Wildman–Crippen MR) is 125 cm³/mol. The van der Waals surface area contributed by atoms with Gasteiger partial charge in [0.1, 0.15) is 5.78 Å². The van der Waals surface area contributed by atoms with E-state index < -0.39 is 30.0 Å². The molecule has 1 heterocycles. The first-order valence-electron chi connectivity index (χ1n) is 10.9. The van der Waals surface area contributed by atoms with Gasteiger partial charge in [0.15, 0.2) is 0 Å². The van der Waals surface area contributed by atoms with Crippen LogP contribution in [0.2, 0.25) is 5.02 Å². The van der Waals surface area contributed by atoms with Gasteiger partial charge in [-0.05, 0) is 35.4 Å². The third kappa shape index (κ3) is 6.37. The van der Waals surface area contributed by atoms with Crippen molar-refractivity contribution < 1.29 is 31.1 Å². The van der Waals surface area contributed by atoms with Crippen LogP contribution in [0.3, 0.4) is 0 Å². The van der Waals surface area contributed by atoms with Gasteiger partial charge >= 0.3 is 12.4 Å². The number of aromatic nitrogens is 3. The fourth-order valence-electron chi connectivity index (χ4n) is 3.88. The van der Waals surface area contributed by atoms with Crippen LogP contribution in [0.1, 0.15) is 27.9 Å². The third-order valence-electron chi connectivity index (χ3n) is 5.54. The number of hydrogen-bond acceptors (Lipinski definition) is 3. The Morgan fingerprint density at radius 1 is 0.811 bits per heavy atom. The molecular weight excluding hydrogens is 520 g/mol. The second kappa shape index (κ2) is 10.4. The summed E-state index contributed by atoms with van der Waals surface area (Å²) >= 11 is 6.14. The average Bonchev–Trinajstić information content (AvgIpc) is 3.21. The normalized spacial score (nSPS) is 12.1. The lowest BCUT2D eigenvalue weighted by Gasteiger charge is -2.15. The largest absolute Gasteiger partial charge is 0.416 e. The van der Waals surface area contributed by atoms with Crippen LogP contribution in [0.4, 0.5) is 26.3 Å². The lowest BCUT2D eigenvalue weighted by Crippen LogP contribution is -2.13. The van der Waals surface area contributed by atoms with Crippen molar-refractivity contribution in [3.63, 3.8) is 0 Å². The second-order valence-electron chi connectivity index (χ2n) is 8.31. The van der Waals surface area contributed by atoms with E-state index in [-0.39, 0.29) is 35.9 Å². The van der Waals surface area contributed by atoms with Crippen LogP contribution in [0.25, 0.3) is 11.3 Å². The second-order valence-corrected chi connectivity index (χ2v) is 8.71. The molecule has 0 saturated heterocycles. The van der Waals surface area contributed by atoms with Crippen molar-refractivity contribution in [2.45, 2.75) is 31.7 Å². The van der Waals surface area contributed by atoms with E-state index in [2.05, 4.69) is 10.3 Å². The molecule has 11 heteroatoms. The van der Waals surface area contributed by atoms with E-state index in [1.165, 1.54) is 4.68 Å². The van der Waals surface area contributed by atoms with Gasteiger partial charge in [0.25, 0.3) is 0 Å². The topological polar surface area (TPSA) is 47.8 Å². The Labute approximate surface area is 212 Å². The Morgan fingerprint density at radius 2 is 1.41 bits per heavy atom. The number of carbonyl (C=O) groups is 1. The molecule has 4 aromatic rings. The summed E-state index contributed by atoms with van der Waals surface area (Å²) in [5.74, 6) is -0.240. The highest BCUT2D eigenvalue weighted by Crippen LogP contribution is 2.37. The third-order valence-corrected chi connectivity index (χ3v) is 5.91.